The summed E-state index contributed by atoms with van der Waals surface area (Å²) in [6.45, 7) is 0. The normalized spacial score (nSPS) is 26.8. The fourth-order valence-electron chi connectivity index (χ4n) is 1.71. The van der Waals surface area contributed by atoms with Gasteiger partial charge in [0.05, 0.1) is 0 Å². The summed E-state index contributed by atoms with van der Waals surface area (Å²) >= 11 is 5.87. The van der Waals surface area contributed by atoms with Crippen LogP contribution in [0.1, 0.15) is 10.4 Å². The highest BCUT2D eigenvalue weighted by Crippen LogP contribution is 2.31. The van der Waals surface area contributed by atoms with Gasteiger partial charge in [0.25, 0.3) is 0 Å². The lowest BCUT2D eigenvalue weighted by Gasteiger charge is -2.26. The van der Waals surface area contributed by atoms with E-state index in [1.807, 2.05) is 6.07 Å². The molecule has 2 atom stereocenters. The van der Waals surface area contributed by atoms with Crippen LogP contribution in [0, 0.1) is 0 Å². The summed E-state index contributed by atoms with van der Waals surface area (Å²) in [6.07, 6.45) is 3.94. The topological polar surface area (TPSA) is 26.3 Å². The zero-order valence-electron chi connectivity index (χ0n) is 9.77. The number of carbonyl (C=O) groups is 1. The molecule has 4 heteroatoms. The molecule has 2 unspecified atom stereocenters. The number of benzene rings is 1. The third kappa shape index (κ3) is 2.37. The molecule has 2 nitrogen and oxygen atoms in total. The Kier molecular flexibility index (Phi) is 3.64. The van der Waals surface area contributed by atoms with Crippen LogP contribution in [0.5, 0.6) is 0 Å². The number of carbonyl (C=O) groups excluding carboxylic acids is 1. The lowest BCUT2D eigenvalue weighted by Crippen LogP contribution is -2.35. The quantitative estimate of drug-likeness (QED) is 0.620. The van der Waals surface area contributed by atoms with E-state index in [-0.39, 0.29) is 5.78 Å². The second-order valence-electron chi connectivity index (χ2n) is 3.95. The van der Waals surface area contributed by atoms with E-state index >= 15 is 0 Å². The third-order valence-corrected chi connectivity index (χ3v) is 3.23. The van der Waals surface area contributed by atoms with Crippen molar-refractivity contribution in [3.63, 3.8) is 0 Å². The largest absolute Gasteiger partial charge is 0.345 e. The van der Waals surface area contributed by atoms with Gasteiger partial charge in [0, 0.05) is 18.2 Å². The van der Waals surface area contributed by atoms with Gasteiger partial charge in [0.1, 0.15) is 5.38 Å². The van der Waals surface area contributed by atoms with Gasteiger partial charge in [-0.05, 0) is 18.2 Å². The number of alkyl halides is 2. The second kappa shape index (κ2) is 5.04. The summed E-state index contributed by atoms with van der Waals surface area (Å²) in [4.78, 5) is 12.1. The number of Topliss-reactive ketones (excluding diaryl/α,β-unsaturated/α-hetero) is 1. The molecular formula is C14H12ClFO2. The van der Waals surface area contributed by atoms with Crippen LogP contribution in [0.15, 0.2) is 54.1 Å². The Morgan fingerprint density at radius 2 is 2.06 bits per heavy atom. The maximum absolute atomic E-state index is 13.9. The maximum atomic E-state index is 13.9. The molecule has 2 rings (SSSR count). The summed E-state index contributed by atoms with van der Waals surface area (Å²) in [6, 6.07) is 8.77. The van der Waals surface area contributed by atoms with E-state index in [0.717, 1.165) is 0 Å². The van der Waals surface area contributed by atoms with Gasteiger partial charge in [-0.2, -0.15) is 0 Å². The lowest BCUT2D eigenvalue weighted by molar-refractivity contribution is -0.0739. The molecule has 0 heterocycles. The van der Waals surface area contributed by atoms with Gasteiger partial charge in [0.2, 0.25) is 5.85 Å². The van der Waals surface area contributed by atoms with Crippen molar-refractivity contribution in [1.29, 1.82) is 0 Å². The predicted octanol–water partition coefficient (Wildman–Crippen LogP) is 3.29. The third-order valence-electron chi connectivity index (χ3n) is 2.80. The summed E-state index contributed by atoms with van der Waals surface area (Å²) in [5.74, 6) is -2.24. The van der Waals surface area contributed by atoms with Crippen LogP contribution < -0.4 is 0 Å². The first-order chi connectivity index (χ1) is 8.57. The first kappa shape index (κ1) is 13.0. The summed E-state index contributed by atoms with van der Waals surface area (Å²) < 4.78 is 18.6. The van der Waals surface area contributed by atoms with Crippen molar-refractivity contribution < 1.29 is 13.9 Å². The molecule has 0 N–H and O–H groups in total. The maximum Gasteiger partial charge on any atom is 0.248 e. The Bertz CT molecular complexity index is 510. The minimum Gasteiger partial charge on any atom is -0.345 e. The van der Waals surface area contributed by atoms with Crippen molar-refractivity contribution in [1.82, 2.24) is 0 Å². The fourth-order valence-corrected chi connectivity index (χ4v) is 2.01. The van der Waals surface area contributed by atoms with Crippen molar-refractivity contribution in [2.75, 3.05) is 7.11 Å². The number of halogens is 2. The van der Waals surface area contributed by atoms with Gasteiger partial charge in [0.15, 0.2) is 5.78 Å². The van der Waals surface area contributed by atoms with Gasteiger partial charge in [-0.15, -0.1) is 11.6 Å². The van der Waals surface area contributed by atoms with E-state index < -0.39 is 11.2 Å². The molecule has 1 aromatic carbocycles. The Morgan fingerprint density at radius 3 is 2.61 bits per heavy atom. The van der Waals surface area contributed by atoms with Crippen LogP contribution in [0.4, 0.5) is 4.39 Å². The van der Waals surface area contributed by atoms with Gasteiger partial charge in [-0.1, -0.05) is 30.3 Å². The number of methoxy groups -OCH3 is 1. The standard InChI is InChI=1S/C14H12ClFO2/c1-18-14(16)8-7-11(9-12(14)15)13(17)10-5-3-2-4-6-10/h2-9,12H,1H3. The van der Waals surface area contributed by atoms with Crippen molar-refractivity contribution in [3.8, 4) is 0 Å². The molecule has 18 heavy (non-hydrogen) atoms. The smallest absolute Gasteiger partial charge is 0.248 e. The molecule has 1 aliphatic rings. The van der Waals surface area contributed by atoms with Gasteiger partial charge >= 0.3 is 0 Å². The van der Waals surface area contributed by atoms with Crippen LogP contribution in [0.2, 0.25) is 0 Å². The number of ketones is 1. The molecule has 0 amide bonds. The molecule has 0 spiro atoms. The zero-order valence-corrected chi connectivity index (χ0v) is 10.5. The number of allylic oxidation sites excluding steroid dienone is 2. The molecule has 94 valence electrons. The van der Waals surface area contributed by atoms with Crippen LogP contribution >= 0.6 is 11.6 Å². The summed E-state index contributed by atoms with van der Waals surface area (Å²) in [5, 5.41) is -1.02. The number of rotatable bonds is 3. The molecule has 1 aromatic rings. The van der Waals surface area contributed by atoms with Crippen LogP contribution in [-0.4, -0.2) is 24.1 Å². The molecule has 1 aliphatic carbocycles. The number of hydrogen-bond donors (Lipinski definition) is 0. The molecule has 0 radical (unpaired) electrons. The Balaban J connectivity index is 2.25. The van der Waals surface area contributed by atoms with Crippen LogP contribution in [-0.2, 0) is 4.74 Å². The van der Waals surface area contributed by atoms with E-state index in [0.29, 0.717) is 11.1 Å². The van der Waals surface area contributed by atoms with Crippen molar-refractivity contribution in [2.24, 2.45) is 0 Å². The average molecular weight is 267 g/mol. The minimum absolute atomic E-state index is 0.185. The van der Waals surface area contributed by atoms with E-state index in [2.05, 4.69) is 4.74 Å². The fraction of sp³-hybridized carbons (Fsp3) is 0.214. The Morgan fingerprint density at radius 1 is 1.39 bits per heavy atom. The van der Waals surface area contributed by atoms with Gasteiger partial charge < -0.3 is 4.74 Å². The highest BCUT2D eigenvalue weighted by Gasteiger charge is 2.37. The van der Waals surface area contributed by atoms with Gasteiger partial charge in [-0.3, -0.25) is 4.79 Å². The SMILES string of the molecule is COC1(F)C=CC(C(=O)c2ccccc2)=CC1Cl. The lowest BCUT2D eigenvalue weighted by atomic mass is 9.96. The predicted molar refractivity (Wildman–Crippen MR) is 68.5 cm³/mol. The second-order valence-corrected chi connectivity index (χ2v) is 4.42. The molecule has 0 aliphatic heterocycles. The Labute approximate surface area is 110 Å². The van der Waals surface area contributed by atoms with Crippen LogP contribution in [0.25, 0.3) is 0 Å². The number of ether oxygens (including phenoxy) is 1. The van der Waals surface area contributed by atoms with Crippen molar-refractivity contribution in [3.05, 3.63) is 59.7 Å². The molecular weight excluding hydrogens is 255 g/mol. The van der Waals surface area contributed by atoms with Crippen molar-refractivity contribution >= 4 is 17.4 Å². The minimum atomic E-state index is -2.05. The molecule has 0 bridgehead atoms. The monoisotopic (exact) mass is 266 g/mol. The highest BCUT2D eigenvalue weighted by atomic mass is 35.5. The summed E-state index contributed by atoms with van der Waals surface area (Å²) in [7, 11) is 1.23. The zero-order chi connectivity index (χ0) is 13.2. The van der Waals surface area contributed by atoms with E-state index in [1.165, 1.54) is 25.3 Å². The van der Waals surface area contributed by atoms with Gasteiger partial charge in [-0.25, -0.2) is 4.39 Å². The Hall–Kier alpha value is -1.45. The first-order valence-electron chi connectivity index (χ1n) is 5.46. The average Bonchev–Trinajstić information content (AvgIpc) is 2.42. The summed E-state index contributed by atoms with van der Waals surface area (Å²) in [5.41, 5.74) is 0.910. The molecule has 0 saturated carbocycles. The van der Waals surface area contributed by atoms with Crippen LogP contribution in [0.3, 0.4) is 0 Å². The number of hydrogen-bond acceptors (Lipinski definition) is 2. The van der Waals surface area contributed by atoms with Crippen molar-refractivity contribution in [2.45, 2.75) is 11.2 Å². The van der Waals surface area contributed by atoms with E-state index in [1.54, 1.807) is 24.3 Å². The molecule has 0 aromatic heterocycles. The van der Waals surface area contributed by atoms with E-state index in [9.17, 15) is 9.18 Å². The van der Waals surface area contributed by atoms with E-state index in [4.69, 9.17) is 11.6 Å². The first-order valence-corrected chi connectivity index (χ1v) is 5.89. The molecule has 0 saturated heterocycles. The highest BCUT2D eigenvalue weighted by molar-refractivity contribution is 6.24. The molecule has 0 fully saturated rings.